The second-order valence-corrected chi connectivity index (χ2v) is 10.6. The molecule has 0 aromatic heterocycles. The van der Waals surface area contributed by atoms with E-state index in [1.807, 2.05) is 12.1 Å². The second kappa shape index (κ2) is 7.47. The van der Waals surface area contributed by atoms with E-state index >= 15 is 0 Å². The van der Waals surface area contributed by atoms with Crippen LogP contribution in [-0.2, 0) is 4.79 Å². The molecule has 3 aliphatic rings. The lowest BCUT2D eigenvalue weighted by Crippen LogP contribution is -2.48. The SMILES string of the molecule is CNC(=O)c1cccc(NC(=O)C2CC3CCCC(C2)C32SCCS2)c1. The van der Waals surface area contributed by atoms with E-state index in [-0.39, 0.29) is 17.7 Å². The molecule has 2 bridgehead atoms. The summed E-state index contributed by atoms with van der Waals surface area (Å²) in [7, 11) is 1.61. The van der Waals surface area contributed by atoms with Crippen molar-refractivity contribution in [2.45, 2.75) is 36.2 Å². The molecule has 2 aliphatic carbocycles. The van der Waals surface area contributed by atoms with Gasteiger partial charge in [-0.2, -0.15) is 0 Å². The van der Waals surface area contributed by atoms with E-state index in [0.29, 0.717) is 27.2 Å². The summed E-state index contributed by atoms with van der Waals surface area (Å²) in [5, 5.41) is 5.69. The molecule has 26 heavy (non-hydrogen) atoms. The third-order valence-electron chi connectivity index (χ3n) is 6.11. The van der Waals surface area contributed by atoms with Crippen molar-refractivity contribution in [3.8, 4) is 0 Å². The predicted molar refractivity (Wildman–Crippen MR) is 110 cm³/mol. The average Bonchev–Trinajstić information content (AvgIpc) is 3.10. The highest BCUT2D eigenvalue weighted by Crippen LogP contribution is 2.64. The summed E-state index contributed by atoms with van der Waals surface area (Å²) in [5.41, 5.74) is 1.29. The Morgan fingerprint density at radius 3 is 2.46 bits per heavy atom. The Balaban J connectivity index is 1.46. The van der Waals surface area contributed by atoms with Crippen LogP contribution >= 0.6 is 23.5 Å². The van der Waals surface area contributed by atoms with Crippen LogP contribution in [-0.4, -0.2) is 34.4 Å². The summed E-state index contributed by atoms with van der Waals surface area (Å²) in [6.45, 7) is 0. The average molecular weight is 391 g/mol. The van der Waals surface area contributed by atoms with E-state index in [9.17, 15) is 9.59 Å². The van der Waals surface area contributed by atoms with Crippen LogP contribution in [0.3, 0.4) is 0 Å². The van der Waals surface area contributed by atoms with Gasteiger partial charge in [0.15, 0.2) is 0 Å². The first-order chi connectivity index (χ1) is 12.6. The molecule has 0 radical (unpaired) electrons. The first-order valence-electron chi connectivity index (χ1n) is 9.53. The Morgan fingerprint density at radius 1 is 1.12 bits per heavy atom. The van der Waals surface area contributed by atoms with Gasteiger partial charge in [0, 0.05) is 35.7 Å². The maximum atomic E-state index is 12.9. The van der Waals surface area contributed by atoms with Gasteiger partial charge in [-0.05, 0) is 55.7 Å². The van der Waals surface area contributed by atoms with Gasteiger partial charge in [0.05, 0.1) is 4.08 Å². The van der Waals surface area contributed by atoms with Gasteiger partial charge in [-0.1, -0.05) is 12.5 Å². The molecule has 1 aromatic carbocycles. The van der Waals surface area contributed by atoms with Gasteiger partial charge in [0.25, 0.3) is 5.91 Å². The lowest BCUT2D eigenvalue weighted by molar-refractivity contribution is -0.122. The molecular formula is C20H26N2O2S2. The zero-order valence-electron chi connectivity index (χ0n) is 15.1. The maximum Gasteiger partial charge on any atom is 0.251 e. The van der Waals surface area contributed by atoms with Crippen molar-refractivity contribution in [1.29, 1.82) is 0 Å². The number of nitrogens with one attached hydrogen (secondary N) is 2. The fourth-order valence-electron chi connectivity index (χ4n) is 4.95. The van der Waals surface area contributed by atoms with Crippen LogP contribution in [0, 0.1) is 17.8 Å². The Bertz CT molecular complexity index is 687. The molecule has 2 amide bonds. The van der Waals surface area contributed by atoms with Gasteiger partial charge in [-0.15, -0.1) is 23.5 Å². The minimum Gasteiger partial charge on any atom is -0.355 e. The molecule has 2 atom stereocenters. The molecule has 2 unspecified atom stereocenters. The van der Waals surface area contributed by atoms with Crippen LogP contribution < -0.4 is 10.6 Å². The van der Waals surface area contributed by atoms with E-state index < -0.39 is 0 Å². The van der Waals surface area contributed by atoms with Crippen molar-refractivity contribution in [1.82, 2.24) is 5.32 Å². The molecule has 1 aromatic rings. The molecular weight excluding hydrogens is 364 g/mol. The summed E-state index contributed by atoms with van der Waals surface area (Å²) in [6, 6.07) is 7.19. The van der Waals surface area contributed by atoms with Crippen molar-refractivity contribution >= 4 is 41.0 Å². The highest BCUT2D eigenvalue weighted by Gasteiger charge is 2.55. The number of rotatable bonds is 3. The van der Waals surface area contributed by atoms with Crippen LogP contribution in [0.2, 0.25) is 0 Å². The molecule has 4 nitrogen and oxygen atoms in total. The molecule has 4 rings (SSSR count). The molecule has 140 valence electrons. The normalized spacial score (nSPS) is 29.3. The van der Waals surface area contributed by atoms with Gasteiger partial charge in [-0.3, -0.25) is 9.59 Å². The van der Waals surface area contributed by atoms with Crippen LogP contribution in [0.5, 0.6) is 0 Å². The molecule has 1 saturated heterocycles. The van der Waals surface area contributed by atoms with E-state index in [1.165, 1.54) is 30.8 Å². The molecule has 1 heterocycles. The van der Waals surface area contributed by atoms with Crippen molar-refractivity contribution < 1.29 is 9.59 Å². The molecule has 6 heteroatoms. The smallest absolute Gasteiger partial charge is 0.251 e. The third kappa shape index (κ3) is 3.26. The summed E-state index contributed by atoms with van der Waals surface area (Å²) >= 11 is 4.34. The highest BCUT2D eigenvalue weighted by molar-refractivity contribution is 8.21. The summed E-state index contributed by atoms with van der Waals surface area (Å²) in [5.74, 6) is 3.95. The van der Waals surface area contributed by atoms with E-state index in [2.05, 4.69) is 34.2 Å². The number of hydrogen-bond acceptors (Lipinski definition) is 4. The number of benzene rings is 1. The fraction of sp³-hybridized carbons (Fsp3) is 0.600. The monoisotopic (exact) mass is 390 g/mol. The van der Waals surface area contributed by atoms with Crippen LogP contribution in [0.25, 0.3) is 0 Å². The summed E-state index contributed by atoms with van der Waals surface area (Å²) in [6.07, 6.45) is 5.88. The molecule has 2 N–H and O–H groups in total. The van der Waals surface area contributed by atoms with E-state index in [4.69, 9.17) is 0 Å². The number of thioether (sulfide) groups is 2. The number of carbonyl (C=O) groups excluding carboxylic acids is 2. The second-order valence-electron chi connectivity index (χ2n) is 7.56. The highest BCUT2D eigenvalue weighted by atomic mass is 32.2. The van der Waals surface area contributed by atoms with Crippen molar-refractivity contribution in [2.24, 2.45) is 17.8 Å². The number of carbonyl (C=O) groups is 2. The van der Waals surface area contributed by atoms with Crippen LogP contribution in [0.1, 0.15) is 42.5 Å². The molecule has 1 spiro atoms. The Hall–Kier alpha value is -1.14. The zero-order valence-corrected chi connectivity index (χ0v) is 16.8. The van der Waals surface area contributed by atoms with Crippen molar-refractivity contribution in [2.75, 3.05) is 23.9 Å². The van der Waals surface area contributed by atoms with Crippen LogP contribution in [0.4, 0.5) is 5.69 Å². The van der Waals surface area contributed by atoms with Gasteiger partial charge in [0.1, 0.15) is 0 Å². The molecule has 1 aliphatic heterocycles. The van der Waals surface area contributed by atoms with E-state index in [0.717, 1.165) is 12.8 Å². The predicted octanol–water partition coefficient (Wildman–Crippen LogP) is 3.99. The Kier molecular flexibility index (Phi) is 5.24. The summed E-state index contributed by atoms with van der Waals surface area (Å²) < 4.78 is 0.397. The van der Waals surface area contributed by atoms with Crippen molar-refractivity contribution in [3.63, 3.8) is 0 Å². The molecule has 2 saturated carbocycles. The first kappa shape index (κ1) is 18.2. The molecule has 3 fully saturated rings. The zero-order chi connectivity index (χ0) is 18.1. The number of hydrogen-bond donors (Lipinski definition) is 2. The van der Waals surface area contributed by atoms with Gasteiger partial charge >= 0.3 is 0 Å². The maximum absolute atomic E-state index is 12.9. The van der Waals surface area contributed by atoms with E-state index in [1.54, 1.807) is 19.2 Å². The lowest BCUT2D eigenvalue weighted by atomic mass is 9.67. The largest absolute Gasteiger partial charge is 0.355 e. The van der Waals surface area contributed by atoms with Crippen LogP contribution in [0.15, 0.2) is 24.3 Å². The topological polar surface area (TPSA) is 58.2 Å². The Labute approximate surface area is 163 Å². The number of anilines is 1. The minimum atomic E-state index is -0.134. The van der Waals surface area contributed by atoms with Gasteiger partial charge in [-0.25, -0.2) is 0 Å². The third-order valence-corrected chi connectivity index (χ3v) is 10.1. The Morgan fingerprint density at radius 2 is 1.81 bits per heavy atom. The minimum absolute atomic E-state index is 0.0985. The lowest BCUT2D eigenvalue weighted by Gasteiger charge is -2.52. The quantitative estimate of drug-likeness (QED) is 0.819. The van der Waals surface area contributed by atoms with Crippen molar-refractivity contribution in [3.05, 3.63) is 29.8 Å². The summed E-state index contributed by atoms with van der Waals surface area (Å²) in [4.78, 5) is 24.7. The number of amides is 2. The standard InChI is InChI=1S/C20H26N2O2S2/c1-21-18(23)13-4-2-7-17(12-13)22-19(24)14-10-15-5-3-6-16(11-14)20(15)25-8-9-26-20/h2,4,7,12,14-16H,3,5-6,8-11H2,1H3,(H,21,23)(H,22,24). The first-order valence-corrected chi connectivity index (χ1v) is 11.5. The van der Waals surface area contributed by atoms with Gasteiger partial charge in [0.2, 0.25) is 5.91 Å². The van der Waals surface area contributed by atoms with Gasteiger partial charge < -0.3 is 10.6 Å². The fourth-order valence-corrected chi connectivity index (χ4v) is 8.89.